The predicted octanol–water partition coefficient (Wildman–Crippen LogP) is 4.15. The molecule has 1 saturated heterocycles. The van der Waals surface area contributed by atoms with Gasteiger partial charge in [-0.15, -0.1) is 0 Å². The van der Waals surface area contributed by atoms with Crippen LogP contribution in [0.2, 0.25) is 0 Å². The minimum absolute atomic E-state index is 0.212. The maximum absolute atomic E-state index is 5.78. The van der Waals surface area contributed by atoms with Crippen molar-refractivity contribution < 1.29 is 4.74 Å². The van der Waals surface area contributed by atoms with Crippen LogP contribution in [0.5, 0.6) is 0 Å². The number of benzene rings is 1. The second-order valence-electron chi connectivity index (χ2n) is 7.13. The zero-order chi connectivity index (χ0) is 15.3. The molecule has 118 valence electrons. The number of ether oxygens (including phenoxy) is 1. The van der Waals surface area contributed by atoms with Gasteiger partial charge in [-0.25, -0.2) is 0 Å². The first-order chi connectivity index (χ1) is 10.0. The number of rotatable bonds is 7. The van der Waals surface area contributed by atoms with Crippen molar-refractivity contribution in [3.05, 3.63) is 35.9 Å². The van der Waals surface area contributed by atoms with Crippen molar-refractivity contribution >= 4 is 0 Å². The van der Waals surface area contributed by atoms with E-state index < -0.39 is 0 Å². The molecule has 1 N–H and O–H groups in total. The van der Waals surface area contributed by atoms with Crippen molar-refractivity contribution in [3.8, 4) is 0 Å². The number of nitrogens with one attached hydrogen (secondary N) is 1. The summed E-state index contributed by atoms with van der Waals surface area (Å²) >= 11 is 0. The molecule has 2 nitrogen and oxygen atoms in total. The minimum Gasteiger partial charge on any atom is -0.378 e. The summed E-state index contributed by atoms with van der Waals surface area (Å²) in [5, 5.41) is 3.73. The fourth-order valence-electron chi connectivity index (χ4n) is 3.57. The maximum Gasteiger partial charge on any atom is 0.0613 e. The molecule has 3 unspecified atom stereocenters. The Morgan fingerprint density at radius 3 is 2.67 bits per heavy atom. The summed E-state index contributed by atoms with van der Waals surface area (Å²) in [4.78, 5) is 0. The normalized spacial score (nSPS) is 24.2. The van der Waals surface area contributed by atoms with E-state index in [0.29, 0.717) is 18.1 Å². The summed E-state index contributed by atoms with van der Waals surface area (Å²) in [6.07, 6.45) is 3.96. The molecule has 1 fully saturated rings. The molecule has 0 aromatic heterocycles. The predicted molar refractivity (Wildman–Crippen MR) is 89.7 cm³/mol. The zero-order valence-corrected chi connectivity index (χ0v) is 14.1. The van der Waals surface area contributed by atoms with Crippen LogP contribution in [-0.2, 0) is 10.2 Å². The van der Waals surface area contributed by atoms with Crippen molar-refractivity contribution in [1.82, 2.24) is 5.32 Å². The van der Waals surface area contributed by atoms with E-state index in [9.17, 15) is 0 Å². The van der Waals surface area contributed by atoms with Crippen LogP contribution in [0, 0.1) is 5.92 Å². The van der Waals surface area contributed by atoms with E-state index in [1.807, 2.05) is 0 Å². The second-order valence-corrected chi connectivity index (χ2v) is 7.13. The van der Waals surface area contributed by atoms with E-state index in [1.165, 1.54) is 12.0 Å². The Morgan fingerprint density at radius 1 is 1.29 bits per heavy atom. The monoisotopic (exact) mass is 289 g/mol. The Kier molecular flexibility index (Phi) is 5.83. The standard InChI is InChI=1S/C19H31NO/c1-5-18-16(11-12-21-18)14-20-15(2)13-19(3,4)17-9-7-6-8-10-17/h6-10,15-16,18,20H,5,11-14H2,1-4H3. The molecule has 0 saturated carbocycles. The third-order valence-electron chi connectivity index (χ3n) is 4.85. The van der Waals surface area contributed by atoms with Gasteiger partial charge < -0.3 is 10.1 Å². The van der Waals surface area contributed by atoms with Crippen LogP contribution in [0.4, 0.5) is 0 Å². The highest BCUT2D eigenvalue weighted by Crippen LogP contribution is 2.28. The van der Waals surface area contributed by atoms with Crippen LogP contribution in [0.1, 0.15) is 52.5 Å². The van der Waals surface area contributed by atoms with Crippen molar-refractivity contribution in [2.45, 2.75) is 64.5 Å². The van der Waals surface area contributed by atoms with Crippen LogP contribution in [0.3, 0.4) is 0 Å². The molecular weight excluding hydrogens is 258 g/mol. The number of hydrogen-bond donors (Lipinski definition) is 1. The molecule has 0 radical (unpaired) electrons. The smallest absolute Gasteiger partial charge is 0.0613 e. The minimum atomic E-state index is 0.212. The molecule has 21 heavy (non-hydrogen) atoms. The Morgan fingerprint density at radius 2 is 2.00 bits per heavy atom. The zero-order valence-electron chi connectivity index (χ0n) is 14.1. The van der Waals surface area contributed by atoms with Gasteiger partial charge in [0.05, 0.1) is 6.10 Å². The molecule has 1 aromatic rings. The van der Waals surface area contributed by atoms with Gasteiger partial charge in [-0.05, 0) is 43.1 Å². The molecule has 0 amide bonds. The van der Waals surface area contributed by atoms with Crippen molar-refractivity contribution in [3.63, 3.8) is 0 Å². The van der Waals surface area contributed by atoms with Crippen LogP contribution in [0.25, 0.3) is 0 Å². The van der Waals surface area contributed by atoms with Gasteiger partial charge in [0.25, 0.3) is 0 Å². The molecular formula is C19H31NO. The molecule has 2 heteroatoms. The van der Waals surface area contributed by atoms with Gasteiger partial charge in [-0.1, -0.05) is 51.1 Å². The highest BCUT2D eigenvalue weighted by Gasteiger charge is 2.28. The fraction of sp³-hybridized carbons (Fsp3) is 0.684. The van der Waals surface area contributed by atoms with E-state index in [1.54, 1.807) is 0 Å². The van der Waals surface area contributed by atoms with Gasteiger partial charge in [0.2, 0.25) is 0 Å². The molecule has 0 aliphatic carbocycles. The van der Waals surface area contributed by atoms with Crippen LogP contribution in [0.15, 0.2) is 30.3 Å². The summed E-state index contributed by atoms with van der Waals surface area (Å²) in [5.74, 6) is 0.692. The summed E-state index contributed by atoms with van der Waals surface area (Å²) in [6, 6.07) is 11.4. The maximum atomic E-state index is 5.78. The van der Waals surface area contributed by atoms with Crippen molar-refractivity contribution in [2.24, 2.45) is 5.92 Å². The largest absolute Gasteiger partial charge is 0.378 e. The van der Waals surface area contributed by atoms with E-state index in [-0.39, 0.29) is 5.41 Å². The van der Waals surface area contributed by atoms with Crippen molar-refractivity contribution in [1.29, 1.82) is 0 Å². The van der Waals surface area contributed by atoms with Crippen LogP contribution in [-0.4, -0.2) is 25.3 Å². The third kappa shape index (κ3) is 4.55. The molecule has 0 bridgehead atoms. The first-order valence-corrected chi connectivity index (χ1v) is 8.43. The molecule has 1 aliphatic rings. The van der Waals surface area contributed by atoms with Crippen LogP contribution >= 0.6 is 0 Å². The summed E-state index contributed by atoms with van der Waals surface area (Å²) in [5.41, 5.74) is 1.64. The molecule has 2 rings (SSSR count). The lowest BCUT2D eigenvalue weighted by Gasteiger charge is -2.30. The average Bonchev–Trinajstić information content (AvgIpc) is 2.93. The van der Waals surface area contributed by atoms with Gasteiger partial charge >= 0.3 is 0 Å². The van der Waals surface area contributed by atoms with E-state index in [4.69, 9.17) is 4.74 Å². The van der Waals surface area contributed by atoms with Crippen molar-refractivity contribution in [2.75, 3.05) is 13.2 Å². The highest BCUT2D eigenvalue weighted by atomic mass is 16.5. The molecule has 3 atom stereocenters. The molecule has 1 heterocycles. The topological polar surface area (TPSA) is 21.3 Å². The fourth-order valence-corrected chi connectivity index (χ4v) is 3.57. The summed E-state index contributed by atoms with van der Waals surface area (Å²) in [7, 11) is 0. The van der Waals surface area contributed by atoms with Gasteiger partial charge in [0.1, 0.15) is 0 Å². The van der Waals surface area contributed by atoms with Crippen LogP contribution < -0.4 is 5.32 Å². The summed E-state index contributed by atoms with van der Waals surface area (Å²) in [6.45, 7) is 11.2. The lowest BCUT2D eigenvalue weighted by molar-refractivity contribution is 0.0865. The van der Waals surface area contributed by atoms with E-state index in [0.717, 1.165) is 26.0 Å². The molecule has 1 aliphatic heterocycles. The highest BCUT2D eigenvalue weighted by molar-refractivity contribution is 5.23. The Bertz CT molecular complexity index is 415. The first kappa shape index (κ1) is 16.5. The van der Waals surface area contributed by atoms with Gasteiger partial charge in [-0.2, -0.15) is 0 Å². The quantitative estimate of drug-likeness (QED) is 0.814. The lowest BCUT2D eigenvalue weighted by atomic mass is 9.79. The van der Waals surface area contributed by atoms with Gasteiger partial charge in [0, 0.05) is 19.2 Å². The summed E-state index contributed by atoms with van der Waals surface area (Å²) < 4.78 is 5.78. The Hall–Kier alpha value is -0.860. The lowest BCUT2D eigenvalue weighted by Crippen LogP contribution is -2.37. The Labute approximate surface area is 130 Å². The second kappa shape index (κ2) is 7.42. The SMILES string of the molecule is CCC1OCCC1CNC(C)CC(C)(C)c1ccccc1. The molecule has 0 spiro atoms. The van der Waals surface area contributed by atoms with Gasteiger partial charge in [-0.3, -0.25) is 0 Å². The first-order valence-electron chi connectivity index (χ1n) is 8.43. The molecule has 1 aromatic carbocycles. The Balaban J connectivity index is 1.82. The van der Waals surface area contributed by atoms with E-state index in [2.05, 4.69) is 63.3 Å². The number of hydrogen-bond acceptors (Lipinski definition) is 2. The van der Waals surface area contributed by atoms with E-state index >= 15 is 0 Å². The average molecular weight is 289 g/mol. The van der Waals surface area contributed by atoms with Gasteiger partial charge in [0.15, 0.2) is 0 Å². The third-order valence-corrected chi connectivity index (χ3v) is 4.85.